The molecule has 1 heterocycles. The number of nitrogens with one attached hydrogen (secondary N) is 1. The number of halogens is 2. The molecule has 0 saturated carbocycles. The zero-order chi connectivity index (χ0) is 18.5. The maximum atomic E-state index is 12.6. The summed E-state index contributed by atoms with van der Waals surface area (Å²) in [4.78, 5) is 26.9. The number of hydrogen-bond donors (Lipinski definition) is 1. The summed E-state index contributed by atoms with van der Waals surface area (Å²) in [6.07, 6.45) is 1.60. The van der Waals surface area contributed by atoms with Crippen LogP contribution in [0.3, 0.4) is 0 Å². The topological polar surface area (TPSA) is 49.4 Å². The van der Waals surface area contributed by atoms with Crippen molar-refractivity contribution in [3.05, 3.63) is 69.7 Å². The first-order valence-corrected chi connectivity index (χ1v) is 9.35. The minimum atomic E-state index is -0.195. The molecule has 1 fully saturated rings. The van der Waals surface area contributed by atoms with Crippen LogP contribution in [0.2, 0.25) is 10.0 Å². The fraction of sp³-hybridized carbons (Fsp3) is 0.300. The van der Waals surface area contributed by atoms with Gasteiger partial charge in [0.25, 0.3) is 5.91 Å². The minimum Gasteiger partial charge on any atom is -0.352 e. The van der Waals surface area contributed by atoms with Crippen LogP contribution in [0.1, 0.15) is 28.8 Å². The van der Waals surface area contributed by atoms with Crippen LogP contribution in [0, 0.1) is 5.92 Å². The smallest absolute Gasteiger partial charge is 0.253 e. The number of likely N-dealkylation sites (tertiary alicyclic amines) is 1. The molecule has 0 aliphatic carbocycles. The number of piperidine rings is 1. The quantitative estimate of drug-likeness (QED) is 0.851. The van der Waals surface area contributed by atoms with Gasteiger partial charge >= 0.3 is 0 Å². The van der Waals surface area contributed by atoms with Gasteiger partial charge in [-0.15, -0.1) is 0 Å². The van der Waals surface area contributed by atoms with Gasteiger partial charge in [-0.1, -0.05) is 35.3 Å². The highest BCUT2D eigenvalue weighted by atomic mass is 35.5. The lowest BCUT2D eigenvalue weighted by molar-refractivity contribution is -0.126. The number of amides is 2. The summed E-state index contributed by atoms with van der Waals surface area (Å²) in [6, 6.07) is 14.2. The van der Waals surface area contributed by atoms with Gasteiger partial charge in [-0.2, -0.15) is 0 Å². The molecule has 136 valence electrons. The van der Waals surface area contributed by atoms with E-state index in [9.17, 15) is 9.59 Å². The summed E-state index contributed by atoms with van der Waals surface area (Å²) in [5, 5.41) is 4.19. The second-order valence-corrected chi connectivity index (χ2v) is 7.32. The van der Waals surface area contributed by atoms with Crippen molar-refractivity contribution in [3.8, 4) is 0 Å². The van der Waals surface area contributed by atoms with Crippen LogP contribution in [0.25, 0.3) is 0 Å². The second kappa shape index (κ2) is 8.56. The van der Waals surface area contributed by atoms with Gasteiger partial charge in [0.05, 0.1) is 5.92 Å². The van der Waals surface area contributed by atoms with Gasteiger partial charge in [-0.25, -0.2) is 0 Å². The van der Waals surface area contributed by atoms with Crippen LogP contribution in [0.15, 0.2) is 48.5 Å². The molecule has 0 spiro atoms. The first-order chi connectivity index (χ1) is 12.5. The molecule has 26 heavy (non-hydrogen) atoms. The Kier molecular flexibility index (Phi) is 6.17. The van der Waals surface area contributed by atoms with Gasteiger partial charge < -0.3 is 10.2 Å². The highest BCUT2D eigenvalue weighted by molar-refractivity contribution is 6.30. The van der Waals surface area contributed by atoms with Crippen molar-refractivity contribution in [2.45, 2.75) is 19.4 Å². The van der Waals surface area contributed by atoms with E-state index < -0.39 is 0 Å². The largest absolute Gasteiger partial charge is 0.352 e. The Balaban J connectivity index is 1.58. The summed E-state index contributed by atoms with van der Waals surface area (Å²) in [6.45, 7) is 1.53. The van der Waals surface area contributed by atoms with E-state index in [0.29, 0.717) is 35.2 Å². The molecule has 0 aromatic heterocycles. The predicted octanol–water partition coefficient (Wildman–Crippen LogP) is 4.16. The van der Waals surface area contributed by atoms with Crippen LogP contribution < -0.4 is 5.32 Å². The van der Waals surface area contributed by atoms with Crippen molar-refractivity contribution in [2.24, 2.45) is 5.92 Å². The minimum absolute atomic E-state index is 0.0291. The molecule has 2 aromatic carbocycles. The van der Waals surface area contributed by atoms with Crippen LogP contribution in [-0.2, 0) is 11.3 Å². The van der Waals surface area contributed by atoms with Gasteiger partial charge in [0.15, 0.2) is 0 Å². The Hall–Kier alpha value is -2.04. The lowest BCUT2D eigenvalue weighted by Crippen LogP contribution is -2.45. The van der Waals surface area contributed by atoms with E-state index in [1.807, 2.05) is 18.2 Å². The molecule has 2 amide bonds. The standard InChI is InChI=1S/C20H20Cl2N2O2/c21-17-8-6-15(7-9-17)20(26)24-10-2-4-16(13-24)19(25)23-12-14-3-1-5-18(22)11-14/h1,3,5-9,11,16H,2,4,10,12-13H2,(H,23,25)/t16-/m1/s1. The molecule has 1 saturated heterocycles. The lowest BCUT2D eigenvalue weighted by Gasteiger charge is -2.32. The SMILES string of the molecule is O=C(NCc1cccc(Cl)c1)[C@@H]1CCCN(C(=O)c2ccc(Cl)cc2)C1. The van der Waals surface area contributed by atoms with E-state index in [4.69, 9.17) is 23.2 Å². The van der Waals surface area contributed by atoms with E-state index in [-0.39, 0.29) is 17.7 Å². The Bertz CT molecular complexity index is 793. The molecule has 1 aliphatic rings. The van der Waals surface area contributed by atoms with Crippen molar-refractivity contribution >= 4 is 35.0 Å². The number of benzene rings is 2. The van der Waals surface area contributed by atoms with Gasteiger partial charge in [0.1, 0.15) is 0 Å². The molecule has 0 unspecified atom stereocenters. The first-order valence-electron chi connectivity index (χ1n) is 8.60. The molecule has 0 bridgehead atoms. The molecular formula is C20H20Cl2N2O2. The highest BCUT2D eigenvalue weighted by Gasteiger charge is 2.28. The number of nitrogens with zero attached hydrogens (tertiary/aromatic N) is 1. The van der Waals surface area contributed by atoms with Crippen molar-refractivity contribution in [1.29, 1.82) is 0 Å². The third kappa shape index (κ3) is 4.77. The summed E-state index contributed by atoms with van der Waals surface area (Å²) in [5.74, 6) is -0.285. The lowest BCUT2D eigenvalue weighted by atomic mass is 9.96. The van der Waals surface area contributed by atoms with Crippen molar-refractivity contribution < 1.29 is 9.59 Å². The van der Waals surface area contributed by atoms with Gasteiger partial charge in [-0.3, -0.25) is 9.59 Å². The molecule has 1 atom stereocenters. The summed E-state index contributed by atoms with van der Waals surface area (Å²) >= 11 is 11.8. The fourth-order valence-corrected chi connectivity index (χ4v) is 3.47. The van der Waals surface area contributed by atoms with Gasteiger partial charge in [0.2, 0.25) is 5.91 Å². The molecule has 1 aliphatic heterocycles. The van der Waals surface area contributed by atoms with E-state index in [2.05, 4.69) is 5.32 Å². The van der Waals surface area contributed by atoms with Crippen LogP contribution in [-0.4, -0.2) is 29.8 Å². The number of hydrogen-bond acceptors (Lipinski definition) is 2. The molecular weight excluding hydrogens is 371 g/mol. The summed E-state index contributed by atoms with van der Waals surface area (Å²) in [7, 11) is 0. The maximum absolute atomic E-state index is 12.6. The van der Waals surface area contributed by atoms with Crippen LogP contribution in [0.5, 0.6) is 0 Å². The average Bonchev–Trinajstić information content (AvgIpc) is 2.66. The second-order valence-electron chi connectivity index (χ2n) is 6.44. The Morgan fingerprint density at radius 2 is 1.85 bits per heavy atom. The van der Waals surface area contributed by atoms with E-state index in [1.165, 1.54) is 0 Å². The normalized spacial score (nSPS) is 17.0. The van der Waals surface area contributed by atoms with Crippen LogP contribution in [0.4, 0.5) is 0 Å². The first kappa shape index (κ1) is 18.7. The molecule has 2 aromatic rings. The molecule has 4 nitrogen and oxygen atoms in total. The number of carbonyl (C=O) groups excluding carboxylic acids is 2. The fourth-order valence-electron chi connectivity index (χ4n) is 3.13. The Morgan fingerprint density at radius 3 is 2.58 bits per heavy atom. The molecule has 0 radical (unpaired) electrons. The third-order valence-electron chi connectivity index (χ3n) is 4.53. The Labute approximate surface area is 163 Å². The molecule has 3 rings (SSSR count). The van der Waals surface area contributed by atoms with Gasteiger partial charge in [0, 0.05) is 35.2 Å². The number of rotatable bonds is 4. The monoisotopic (exact) mass is 390 g/mol. The predicted molar refractivity (Wildman–Crippen MR) is 103 cm³/mol. The van der Waals surface area contributed by atoms with Crippen LogP contribution >= 0.6 is 23.2 Å². The average molecular weight is 391 g/mol. The Morgan fingerprint density at radius 1 is 1.08 bits per heavy atom. The van der Waals surface area contributed by atoms with Crippen molar-refractivity contribution in [3.63, 3.8) is 0 Å². The van der Waals surface area contributed by atoms with Gasteiger partial charge in [-0.05, 0) is 54.8 Å². The summed E-state index contributed by atoms with van der Waals surface area (Å²) < 4.78 is 0. The molecule has 1 N–H and O–H groups in total. The maximum Gasteiger partial charge on any atom is 0.253 e. The molecule has 6 heteroatoms. The van der Waals surface area contributed by atoms with Crippen molar-refractivity contribution in [1.82, 2.24) is 10.2 Å². The summed E-state index contributed by atoms with van der Waals surface area (Å²) in [5.41, 5.74) is 1.55. The highest BCUT2D eigenvalue weighted by Crippen LogP contribution is 2.20. The number of carbonyl (C=O) groups is 2. The zero-order valence-corrected chi connectivity index (χ0v) is 15.8. The van der Waals surface area contributed by atoms with E-state index in [0.717, 1.165) is 18.4 Å². The third-order valence-corrected chi connectivity index (χ3v) is 5.01. The van der Waals surface area contributed by atoms with E-state index in [1.54, 1.807) is 35.2 Å². The van der Waals surface area contributed by atoms with E-state index >= 15 is 0 Å². The van der Waals surface area contributed by atoms with Crippen molar-refractivity contribution in [2.75, 3.05) is 13.1 Å². The zero-order valence-electron chi connectivity index (χ0n) is 14.3.